The number of aromatic nitrogens is 1. The molecular formula is C15H14FINO2SY-. The van der Waals surface area contributed by atoms with Gasteiger partial charge in [-0.1, -0.05) is 11.3 Å². The summed E-state index contributed by atoms with van der Waals surface area (Å²) in [6.07, 6.45) is 1.91. The van der Waals surface area contributed by atoms with Crippen molar-refractivity contribution in [3.05, 3.63) is 50.1 Å². The molecule has 0 aliphatic heterocycles. The van der Waals surface area contributed by atoms with E-state index in [4.69, 9.17) is 4.74 Å². The number of pyridine rings is 1. The number of hydrogen-bond donors (Lipinski definition) is 0. The molecule has 7 heteroatoms. The van der Waals surface area contributed by atoms with Crippen LogP contribution in [-0.2, 0) is 39.3 Å². The van der Waals surface area contributed by atoms with E-state index in [0.29, 0.717) is 33.1 Å². The van der Waals surface area contributed by atoms with Gasteiger partial charge in [0.15, 0.2) is 0 Å². The van der Waals surface area contributed by atoms with Crippen LogP contribution in [0.5, 0.6) is 5.75 Å². The molecule has 115 valence electrons. The van der Waals surface area contributed by atoms with Crippen LogP contribution in [0.2, 0.25) is 0 Å². The van der Waals surface area contributed by atoms with Crippen molar-refractivity contribution < 1.29 is 41.8 Å². The third-order valence-corrected chi connectivity index (χ3v) is 4.04. The molecule has 0 fully saturated rings. The van der Waals surface area contributed by atoms with E-state index in [-0.39, 0.29) is 38.3 Å². The number of halogens is 2. The van der Waals surface area contributed by atoms with E-state index in [1.807, 2.05) is 35.8 Å². The minimum atomic E-state index is -0.423. The van der Waals surface area contributed by atoms with E-state index >= 15 is 0 Å². The summed E-state index contributed by atoms with van der Waals surface area (Å²) >= 11 is 3.47. The predicted molar refractivity (Wildman–Crippen MR) is 92.3 cm³/mol. The fourth-order valence-electron chi connectivity index (χ4n) is 1.93. The summed E-state index contributed by atoms with van der Waals surface area (Å²) in [7, 11) is 0. The molecule has 0 atom stereocenters. The topological polar surface area (TPSA) is 31.2 Å². The van der Waals surface area contributed by atoms with Crippen molar-refractivity contribution in [2.75, 3.05) is 12.2 Å². The second-order valence-corrected chi connectivity index (χ2v) is 6.20. The molecular weight excluding hydrogens is 493 g/mol. The van der Waals surface area contributed by atoms with Crippen molar-refractivity contribution in [2.45, 2.75) is 13.5 Å². The van der Waals surface area contributed by atoms with Crippen LogP contribution in [0.1, 0.15) is 6.92 Å². The molecule has 0 spiro atoms. The maximum absolute atomic E-state index is 14.3. The minimum absolute atomic E-state index is 0. The first kappa shape index (κ1) is 20.1. The summed E-state index contributed by atoms with van der Waals surface area (Å²) in [5.74, 6) is 0.517. The Morgan fingerprint density at radius 1 is 1.45 bits per heavy atom. The Morgan fingerprint density at radius 2 is 2.18 bits per heavy atom. The zero-order valence-electron chi connectivity index (χ0n) is 12.2. The molecule has 2 aromatic rings. The van der Waals surface area contributed by atoms with Gasteiger partial charge in [0.1, 0.15) is 11.7 Å². The van der Waals surface area contributed by atoms with E-state index in [9.17, 15) is 9.18 Å². The van der Waals surface area contributed by atoms with Gasteiger partial charge in [-0.2, -0.15) is 12.1 Å². The number of benzene rings is 1. The summed E-state index contributed by atoms with van der Waals surface area (Å²) in [6, 6.07) is 9.23. The molecule has 0 aliphatic rings. The van der Waals surface area contributed by atoms with Crippen LogP contribution in [-0.4, -0.2) is 16.8 Å². The van der Waals surface area contributed by atoms with Gasteiger partial charge in [0.25, 0.3) is 0 Å². The largest absolute Gasteiger partial charge is 0.483 e. The molecule has 0 unspecified atom stereocenters. The molecule has 0 amide bonds. The monoisotopic (exact) mass is 507 g/mol. The summed E-state index contributed by atoms with van der Waals surface area (Å²) < 4.78 is 21.7. The van der Waals surface area contributed by atoms with Gasteiger partial charge < -0.3 is 9.30 Å². The maximum atomic E-state index is 14.3. The second-order valence-electron chi connectivity index (χ2n) is 4.23. The van der Waals surface area contributed by atoms with E-state index in [2.05, 4.69) is 6.07 Å². The van der Waals surface area contributed by atoms with Gasteiger partial charge in [0.2, 0.25) is 5.56 Å². The summed E-state index contributed by atoms with van der Waals surface area (Å²) in [6.45, 7) is 2.31. The Balaban J connectivity index is 0.00000242. The van der Waals surface area contributed by atoms with E-state index in [0.717, 1.165) is 0 Å². The van der Waals surface area contributed by atoms with Crippen molar-refractivity contribution in [2.24, 2.45) is 0 Å². The zero-order valence-corrected chi connectivity index (χ0v) is 18.0. The summed E-state index contributed by atoms with van der Waals surface area (Å²) in [4.78, 5) is 12.1. The van der Waals surface area contributed by atoms with Crippen LogP contribution in [0.25, 0.3) is 11.3 Å². The van der Waals surface area contributed by atoms with Crippen molar-refractivity contribution >= 4 is 34.4 Å². The van der Waals surface area contributed by atoms with Gasteiger partial charge in [-0.15, -0.1) is 40.4 Å². The smallest absolute Gasteiger partial charge is 0.207 e. The molecule has 1 heterocycles. The zero-order chi connectivity index (χ0) is 15.4. The van der Waals surface area contributed by atoms with E-state index < -0.39 is 5.82 Å². The summed E-state index contributed by atoms with van der Waals surface area (Å²) in [5, 5.41) is 0. The molecule has 0 saturated heterocycles. The number of ether oxygens (including phenoxy) is 1. The van der Waals surface area contributed by atoms with Gasteiger partial charge in [0, 0.05) is 45.3 Å². The Bertz CT molecular complexity index is 708. The first-order valence-electron chi connectivity index (χ1n) is 6.31. The van der Waals surface area contributed by atoms with Gasteiger partial charge in [-0.3, -0.25) is 4.79 Å². The van der Waals surface area contributed by atoms with Crippen molar-refractivity contribution in [3.8, 4) is 17.0 Å². The molecule has 0 bridgehead atoms. The molecule has 0 saturated carbocycles. The summed E-state index contributed by atoms with van der Waals surface area (Å²) in [5.41, 5.74) is 0.674. The number of hydrogen-bond acceptors (Lipinski definition) is 3. The SMILES string of the molecule is CCn1c(-c2ccc(OCSC)cc2F)[c-]cc(I)c1=O.[Y]. The first-order valence-corrected chi connectivity index (χ1v) is 8.78. The maximum Gasteiger partial charge on any atom is 0.207 e. The van der Waals surface area contributed by atoms with Crippen LogP contribution < -0.4 is 10.3 Å². The Hall–Kier alpha value is 0.0839. The fourth-order valence-corrected chi connectivity index (χ4v) is 2.63. The van der Waals surface area contributed by atoms with Crippen molar-refractivity contribution in [1.29, 1.82) is 0 Å². The van der Waals surface area contributed by atoms with Gasteiger partial charge in [0.05, 0.1) is 5.82 Å². The van der Waals surface area contributed by atoms with E-state index in [1.165, 1.54) is 22.4 Å². The van der Waals surface area contributed by atoms with Gasteiger partial charge in [-0.05, 0) is 22.8 Å². The minimum Gasteiger partial charge on any atom is -0.483 e. The Kier molecular flexibility index (Phi) is 8.60. The molecule has 1 aromatic carbocycles. The Labute approximate surface area is 172 Å². The van der Waals surface area contributed by atoms with Crippen LogP contribution >= 0.6 is 34.4 Å². The average molecular weight is 507 g/mol. The van der Waals surface area contributed by atoms with Crippen molar-refractivity contribution in [3.63, 3.8) is 0 Å². The molecule has 2 rings (SSSR count). The third-order valence-electron chi connectivity index (χ3n) is 2.91. The third kappa shape index (κ3) is 4.55. The van der Waals surface area contributed by atoms with Crippen molar-refractivity contribution in [1.82, 2.24) is 4.57 Å². The van der Waals surface area contributed by atoms with Crippen LogP contribution in [0, 0.1) is 15.5 Å². The number of thioether (sulfide) groups is 1. The number of nitrogens with zero attached hydrogens (tertiary/aromatic N) is 1. The molecule has 1 aromatic heterocycles. The molecule has 0 N–H and O–H groups in total. The van der Waals surface area contributed by atoms with Gasteiger partial charge in [-0.25, -0.2) is 4.39 Å². The van der Waals surface area contributed by atoms with E-state index in [1.54, 1.807) is 18.2 Å². The van der Waals surface area contributed by atoms with Gasteiger partial charge >= 0.3 is 0 Å². The second kappa shape index (κ2) is 9.40. The molecule has 1 radical (unpaired) electrons. The standard InChI is InChI=1S/C15H14FINO2S.Y/c1-3-18-14(7-6-13(17)15(18)19)11-5-4-10(8-12(11)16)20-9-21-2;/h4-6,8H,3,9H2,1-2H3;/q-1;. The molecule has 22 heavy (non-hydrogen) atoms. The molecule has 0 aliphatic carbocycles. The normalized spacial score (nSPS) is 10.2. The van der Waals surface area contributed by atoms with Crippen LogP contribution in [0.3, 0.4) is 0 Å². The quantitative estimate of drug-likeness (QED) is 0.351. The molecule has 3 nitrogen and oxygen atoms in total. The predicted octanol–water partition coefficient (Wildman–Crippen LogP) is 3.78. The van der Waals surface area contributed by atoms with Crippen LogP contribution in [0.4, 0.5) is 4.39 Å². The van der Waals surface area contributed by atoms with Crippen LogP contribution in [0.15, 0.2) is 29.1 Å². The Morgan fingerprint density at radius 3 is 2.77 bits per heavy atom. The fraction of sp³-hybridized carbons (Fsp3) is 0.267. The number of rotatable bonds is 5. The first-order chi connectivity index (χ1) is 10.1. The average Bonchev–Trinajstić information content (AvgIpc) is 2.48.